The highest BCUT2D eigenvalue weighted by Crippen LogP contribution is 2.25. The lowest BCUT2D eigenvalue weighted by Crippen LogP contribution is -2.64. The zero-order chi connectivity index (χ0) is 22.4. The van der Waals surface area contributed by atoms with E-state index in [-0.39, 0.29) is 31.7 Å². The van der Waals surface area contributed by atoms with Gasteiger partial charge in [-0.05, 0) is 31.4 Å². The van der Waals surface area contributed by atoms with Gasteiger partial charge in [0.2, 0.25) is 11.8 Å². The second kappa shape index (κ2) is 9.84. The molecule has 2 fully saturated rings. The highest BCUT2D eigenvalue weighted by Gasteiger charge is 2.44. The Labute approximate surface area is 179 Å². The second-order valence-electron chi connectivity index (χ2n) is 7.38. The first-order valence-electron chi connectivity index (χ1n) is 10.1. The number of aldehydes is 1. The number of carbonyl (C=O) groups is 5. The van der Waals surface area contributed by atoms with Crippen LogP contribution in [-0.2, 0) is 19.2 Å². The van der Waals surface area contributed by atoms with Crippen LogP contribution in [-0.4, -0.2) is 64.6 Å². The molecule has 4 amide bonds. The van der Waals surface area contributed by atoms with Crippen LogP contribution in [0.15, 0.2) is 30.3 Å². The Hall–Kier alpha value is -3.74. The summed E-state index contributed by atoms with van der Waals surface area (Å²) in [4.78, 5) is 62.0. The molecule has 0 bridgehead atoms. The average molecular weight is 425 g/mol. The van der Waals surface area contributed by atoms with E-state index in [0.717, 1.165) is 5.01 Å². The summed E-state index contributed by atoms with van der Waals surface area (Å²) < 4.78 is 0. The Morgan fingerprint density at radius 3 is 2.65 bits per heavy atom. The molecule has 1 aromatic rings. The fourth-order valence-electron chi connectivity index (χ4n) is 3.75. The van der Waals surface area contributed by atoms with Crippen molar-refractivity contribution in [3.05, 3.63) is 35.9 Å². The number of rotatable bonds is 6. The monoisotopic (exact) mass is 425 g/mol. The molecule has 10 heteroatoms. The van der Waals surface area contributed by atoms with Crippen molar-refractivity contribution in [3.8, 4) is 6.07 Å². The van der Waals surface area contributed by atoms with E-state index in [1.807, 2.05) is 6.07 Å². The molecule has 2 N–H and O–H groups in total. The van der Waals surface area contributed by atoms with Gasteiger partial charge in [-0.25, -0.2) is 5.01 Å². The predicted molar refractivity (Wildman–Crippen MR) is 107 cm³/mol. The van der Waals surface area contributed by atoms with E-state index >= 15 is 0 Å². The van der Waals surface area contributed by atoms with E-state index in [4.69, 9.17) is 5.26 Å². The van der Waals surface area contributed by atoms with Crippen LogP contribution in [0.1, 0.15) is 42.5 Å². The van der Waals surface area contributed by atoms with Gasteiger partial charge in [-0.3, -0.25) is 24.2 Å². The number of hydrogen-bond acceptors (Lipinski definition) is 6. The Morgan fingerprint density at radius 2 is 1.97 bits per heavy atom. The number of carbonyl (C=O) groups excluding carboxylic acids is 5. The third-order valence-electron chi connectivity index (χ3n) is 5.31. The number of nitriles is 1. The van der Waals surface area contributed by atoms with Crippen molar-refractivity contribution in [2.45, 2.75) is 50.2 Å². The number of nitrogens with zero attached hydrogens (tertiary/aromatic N) is 3. The standard InChI is InChI=1S/C21H23N5O5/c22-13-15(10-12-27)23-20(30)17-7-4-11-25-18(28)9-8-16(21(31)26(17)25)24-19(29)14-5-2-1-3-6-14/h1-3,5-6,12,15-17H,4,7-11H2,(H,23,30)(H,24,29)/t15-,16-,17-/m0/s1. The van der Waals surface area contributed by atoms with Gasteiger partial charge in [-0.2, -0.15) is 5.26 Å². The summed E-state index contributed by atoms with van der Waals surface area (Å²) in [5.41, 5.74) is 0.376. The molecule has 31 heavy (non-hydrogen) atoms. The maximum Gasteiger partial charge on any atom is 0.264 e. The zero-order valence-corrected chi connectivity index (χ0v) is 16.8. The van der Waals surface area contributed by atoms with Gasteiger partial charge in [-0.1, -0.05) is 18.2 Å². The first-order chi connectivity index (χ1) is 15.0. The number of benzene rings is 1. The Bertz CT molecular complexity index is 912. The summed E-state index contributed by atoms with van der Waals surface area (Å²) in [7, 11) is 0. The van der Waals surface area contributed by atoms with Gasteiger partial charge in [0.05, 0.1) is 6.07 Å². The average Bonchev–Trinajstić information content (AvgIpc) is 2.91. The number of hydrogen-bond donors (Lipinski definition) is 2. The van der Waals surface area contributed by atoms with E-state index in [0.29, 0.717) is 24.7 Å². The maximum atomic E-state index is 13.3. The lowest BCUT2D eigenvalue weighted by molar-refractivity contribution is -0.176. The Kier molecular flexibility index (Phi) is 6.97. The lowest BCUT2D eigenvalue weighted by atomic mass is 10.0. The fourth-order valence-corrected chi connectivity index (χ4v) is 3.75. The molecule has 0 saturated carbocycles. The second-order valence-corrected chi connectivity index (χ2v) is 7.38. The van der Waals surface area contributed by atoms with E-state index in [2.05, 4.69) is 10.6 Å². The summed E-state index contributed by atoms with van der Waals surface area (Å²) in [6, 6.07) is 7.20. The summed E-state index contributed by atoms with van der Waals surface area (Å²) in [5.74, 6) is -1.94. The largest absolute Gasteiger partial charge is 0.340 e. The Balaban J connectivity index is 1.81. The topological polar surface area (TPSA) is 140 Å². The van der Waals surface area contributed by atoms with E-state index in [9.17, 15) is 24.0 Å². The van der Waals surface area contributed by atoms with Crippen molar-refractivity contribution >= 4 is 29.9 Å². The minimum atomic E-state index is -1.02. The molecule has 2 heterocycles. The van der Waals surface area contributed by atoms with Gasteiger partial charge < -0.3 is 15.4 Å². The molecule has 1 aromatic carbocycles. The van der Waals surface area contributed by atoms with E-state index in [1.54, 1.807) is 30.3 Å². The lowest BCUT2D eigenvalue weighted by Gasteiger charge is -2.43. The van der Waals surface area contributed by atoms with Gasteiger partial charge in [-0.15, -0.1) is 0 Å². The van der Waals surface area contributed by atoms with Crippen LogP contribution < -0.4 is 10.6 Å². The van der Waals surface area contributed by atoms with Gasteiger partial charge >= 0.3 is 0 Å². The van der Waals surface area contributed by atoms with Crippen LogP contribution in [0.5, 0.6) is 0 Å². The van der Waals surface area contributed by atoms with Crippen LogP contribution in [0.2, 0.25) is 0 Å². The summed E-state index contributed by atoms with van der Waals surface area (Å²) >= 11 is 0. The van der Waals surface area contributed by atoms with Gasteiger partial charge in [0.1, 0.15) is 24.4 Å². The quantitative estimate of drug-likeness (QED) is 0.611. The smallest absolute Gasteiger partial charge is 0.264 e. The molecule has 2 aliphatic rings. The number of fused-ring (bicyclic) bond motifs is 1. The van der Waals surface area contributed by atoms with Crippen molar-refractivity contribution in [1.29, 1.82) is 5.26 Å². The maximum absolute atomic E-state index is 13.3. The zero-order valence-electron chi connectivity index (χ0n) is 16.8. The molecule has 0 aliphatic carbocycles. The molecule has 10 nitrogen and oxygen atoms in total. The van der Waals surface area contributed by atoms with E-state index < -0.39 is 35.8 Å². The van der Waals surface area contributed by atoms with Crippen LogP contribution in [0.25, 0.3) is 0 Å². The molecule has 0 radical (unpaired) electrons. The van der Waals surface area contributed by atoms with E-state index in [1.165, 1.54) is 5.01 Å². The third kappa shape index (κ3) is 4.88. The molecular weight excluding hydrogens is 402 g/mol. The molecule has 0 unspecified atom stereocenters. The third-order valence-corrected chi connectivity index (χ3v) is 5.31. The Morgan fingerprint density at radius 1 is 1.23 bits per heavy atom. The number of nitrogens with one attached hydrogen (secondary N) is 2. The fraction of sp³-hybridized carbons (Fsp3) is 0.429. The van der Waals surface area contributed by atoms with Crippen molar-refractivity contribution in [3.63, 3.8) is 0 Å². The van der Waals surface area contributed by atoms with Crippen LogP contribution in [0, 0.1) is 11.3 Å². The molecule has 2 saturated heterocycles. The molecular formula is C21H23N5O5. The van der Waals surface area contributed by atoms with Crippen LogP contribution >= 0.6 is 0 Å². The van der Waals surface area contributed by atoms with Gasteiger partial charge in [0, 0.05) is 24.9 Å². The highest BCUT2D eigenvalue weighted by atomic mass is 16.2. The highest BCUT2D eigenvalue weighted by molar-refractivity contribution is 5.99. The molecule has 0 spiro atoms. The normalized spacial score (nSPS) is 21.9. The minimum Gasteiger partial charge on any atom is -0.340 e. The SMILES string of the molecule is N#C[C@H](CC=O)NC(=O)[C@@H]1CCCN2C(=O)CC[C@H](NC(=O)c3ccccc3)C(=O)N12. The first kappa shape index (κ1) is 22.0. The molecule has 3 rings (SSSR count). The van der Waals surface area contributed by atoms with Crippen LogP contribution in [0.4, 0.5) is 0 Å². The molecule has 2 aliphatic heterocycles. The van der Waals surface area contributed by atoms with Crippen molar-refractivity contribution in [2.75, 3.05) is 6.54 Å². The molecule has 3 atom stereocenters. The van der Waals surface area contributed by atoms with Crippen LogP contribution in [0.3, 0.4) is 0 Å². The predicted octanol–water partition coefficient (Wildman–Crippen LogP) is -0.0892. The number of hydrazine groups is 1. The summed E-state index contributed by atoms with van der Waals surface area (Å²) in [6.45, 7) is 0.281. The van der Waals surface area contributed by atoms with Gasteiger partial charge in [0.15, 0.2) is 0 Å². The molecule has 162 valence electrons. The van der Waals surface area contributed by atoms with Gasteiger partial charge in [0.25, 0.3) is 11.8 Å². The van der Waals surface area contributed by atoms with Crippen molar-refractivity contribution < 1.29 is 24.0 Å². The van der Waals surface area contributed by atoms with Crippen molar-refractivity contribution in [2.24, 2.45) is 0 Å². The molecule has 0 aromatic heterocycles. The first-order valence-corrected chi connectivity index (χ1v) is 10.1. The number of amides is 4. The summed E-state index contributed by atoms with van der Waals surface area (Å²) in [6.07, 6.45) is 1.30. The summed E-state index contributed by atoms with van der Waals surface area (Å²) in [5, 5.41) is 16.6. The van der Waals surface area contributed by atoms with Crippen molar-refractivity contribution in [1.82, 2.24) is 20.7 Å². The minimum absolute atomic E-state index is 0.0439.